The lowest BCUT2D eigenvalue weighted by Gasteiger charge is -2.17. The van der Waals surface area contributed by atoms with Crippen molar-refractivity contribution >= 4 is 15.7 Å². The Balaban J connectivity index is 2.68. The minimum absolute atomic E-state index is 0.318. The van der Waals surface area contributed by atoms with Crippen LogP contribution in [0.4, 0.5) is 5.69 Å². The van der Waals surface area contributed by atoms with Crippen molar-refractivity contribution in [3.63, 3.8) is 0 Å². The molecule has 0 unspecified atom stereocenters. The molecule has 1 aromatic carbocycles. The summed E-state index contributed by atoms with van der Waals surface area (Å²) in [6.07, 6.45) is 0.731. The van der Waals surface area contributed by atoms with Crippen LogP contribution in [0, 0.1) is 0 Å². The number of rotatable bonds is 0. The van der Waals surface area contributed by atoms with Gasteiger partial charge in [-0.15, -0.1) is 0 Å². The zero-order valence-corrected chi connectivity index (χ0v) is 7.76. The summed E-state index contributed by atoms with van der Waals surface area (Å²) in [5.74, 6) is 0. The van der Waals surface area contributed by atoms with Crippen LogP contribution >= 0.6 is 0 Å². The standard InChI is InChI=1S/C8H10N2O2S/c9-7-2-1-6-3-4-10-13(11,12)8(6)5-7/h1-2,5,10H,3-4,9H2. The van der Waals surface area contributed by atoms with Crippen molar-refractivity contribution in [1.29, 1.82) is 0 Å². The van der Waals surface area contributed by atoms with Gasteiger partial charge in [0.2, 0.25) is 10.0 Å². The van der Waals surface area contributed by atoms with Gasteiger partial charge in [-0.25, -0.2) is 13.1 Å². The fourth-order valence-corrected chi connectivity index (χ4v) is 2.76. The van der Waals surface area contributed by atoms with Crippen molar-refractivity contribution in [2.75, 3.05) is 12.3 Å². The third kappa shape index (κ3) is 1.40. The van der Waals surface area contributed by atoms with Gasteiger partial charge in [-0.1, -0.05) is 6.07 Å². The lowest BCUT2D eigenvalue weighted by Crippen LogP contribution is -2.31. The van der Waals surface area contributed by atoms with E-state index in [2.05, 4.69) is 4.72 Å². The van der Waals surface area contributed by atoms with E-state index in [-0.39, 0.29) is 0 Å². The molecule has 0 saturated carbocycles. The van der Waals surface area contributed by atoms with Crippen molar-refractivity contribution in [2.45, 2.75) is 11.3 Å². The molecule has 2 rings (SSSR count). The second-order valence-corrected chi connectivity index (χ2v) is 4.75. The summed E-state index contributed by atoms with van der Waals surface area (Å²) in [5.41, 5.74) is 6.83. The largest absolute Gasteiger partial charge is 0.399 e. The number of hydrogen-bond donors (Lipinski definition) is 2. The summed E-state index contributed by atoms with van der Waals surface area (Å²) in [4.78, 5) is 0.318. The van der Waals surface area contributed by atoms with Crippen molar-refractivity contribution < 1.29 is 8.42 Å². The average Bonchev–Trinajstić information content (AvgIpc) is 2.06. The highest BCUT2D eigenvalue weighted by molar-refractivity contribution is 7.89. The topological polar surface area (TPSA) is 72.2 Å². The van der Waals surface area contributed by atoms with E-state index in [0.29, 0.717) is 17.1 Å². The third-order valence-electron chi connectivity index (χ3n) is 2.07. The minimum Gasteiger partial charge on any atom is -0.399 e. The predicted molar refractivity (Wildman–Crippen MR) is 49.7 cm³/mol. The van der Waals surface area contributed by atoms with Gasteiger partial charge < -0.3 is 5.73 Å². The molecule has 0 radical (unpaired) electrons. The molecule has 1 aromatic rings. The van der Waals surface area contributed by atoms with Gasteiger partial charge in [0.05, 0.1) is 4.90 Å². The maximum absolute atomic E-state index is 11.5. The van der Waals surface area contributed by atoms with E-state index in [9.17, 15) is 8.42 Å². The van der Waals surface area contributed by atoms with Gasteiger partial charge in [0, 0.05) is 12.2 Å². The molecule has 0 fully saturated rings. The quantitative estimate of drug-likeness (QED) is 0.581. The molecule has 1 aliphatic rings. The van der Waals surface area contributed by atoms with Gasteiger partial charge in [-0.3, -0.25) is 0 Å². The van der Waals surface area contributed by atoms with Crippen LogP contribution < -0.4 is 10.5 Å². The molecule has 3 N–H and O–H groups in total. The first-order chi connectivity index (χ1) is 6.09. The van der Waals surface area contributed by atoms with Crippen LogP contribution in [0.25, 0.3) is 0 Å². The van der Waals surface area contributed by atoms with Gasteiger partial charge >= 0.3 is 0 Å². The van der Waals surface area contributed by atoms with E-state index in [1.165, 1.54) is 6.07 Å². The Labute approximate surface area is 76.8 Å². The summed E-state index contributed by atoms with van der Waals surface area (Å²) in [6, 6.07) is 4.99. The number of sulfonamides is 1. The maximum Gasteiger partial charge on any atom is 0.240 e. The third-order valence-corrected chi connectivity index (χ3v) is 3.61. The van der Waals surface area contributed by atoms with Gasteiger partial charge in [0.15, 0.2) is 0 Å². The number of fused-ring (bicyclic) bond motifs is 1. The van der Waals surface area contributed by atoms with Crippen molar-refractivity contribution in [3.05, 3.63) is 23.8 Å². The van der Waals surface area contributed by atoms with E-state index in [4.69, 9.17) is 5.73 Å². The fraction of sp³-hybridized carbons (Fsp3) is 0.250. The summed E-state index contributed by atoms with van der Waals surface area (Å²) >= 11 is 0. The number of nitrogen functional groups attached to an aromatic ring is 1. The molecule has 0 amide bonds. The van der Waals surface area contributed by atoms with Gasteiger partial charge in [-0.05, 0) is 24.1 Å². The molecular formula is C8H10N2O2S. The molecule has 0 aromatic heterocycles. The predicted octanol–water partition coefficient (Wildman–Crippen LogP) is 0.103. The van der Waals surface area contributed by atoms with Gasteiger partial charge in [-0.2, -0.15) is 0 Å². The zero-order valence-electron chi connectivity index (χ0n) is 6.95. The molecule has 5 heteroatoms. The summed E-state index contributed by atoms with van der Waals surface area (Å²) in [7, 11) is -3.29. The van der Waals surface area contributed by atoms with Crippen LogP contribution in [0.2, 0.25) is 0 Å². The molecule has 0 atom stereocenters. The molecule has 70 valence electrons. The van der Waals surface area contributed by atoms with Crippen LogP contribution in [0.1, 0.15) is 5.56 Å². The Morgan fingerprint density at radius 1 is 1.38 bits per heavy atom. The second-order valence-electron chi connectivity index (χ2n) is 3.01. The Hall–Kier alpha value is -1.07. The molecular weight excluding hydrogens is 188 g/mol. The number of hydrogen-bond acceptors (Lipinski definition) is 3. The molecule has 0 saturated heterocycles. The van der Waals surface area contributed by atoms with Crippen molar-refractivity contribution in [3.8, 4) is 0 Å². The molecule has 1 aliphatic heterocycles. The SMILES string of the molecule is Nc1ccc2c(c1)S(=O)(=O)NCC2. The second kappa shape index (κ2) is 2.71. The average molecular weight is 198 g/mol. The molecule has 0 spiro atoms. The van der Waals surface area contributed by atoms with E-state index in [1.807, 2.05) is 0 Å². The maximum atomic E-state index is 11.5. The minimum atomic E-state index is -3.29. The number of benzene rings is 1. The zero-order chi connectivity index (χ0) is 9.47. The van der Waals surface area contributed by atoms with Crippen LogP contribution in [0.3, 0.4) is 0 Å². The highest BCUT2D eigenvalue weighted by atomic mass is 32.2. The highest BCUT2D eigenvalue weighted by Crippen LogP contribution is 2.22. The van der Waals surface area contributed by atoms with Crippen LogP contribution in [0.15, 0.2) is 23.1 Å². The van der Waals surface area contributed by atoms with E-state index in [1.54, 1.807) is 12.1 Å². The Morgan fingerprint density at radius 2 is 2.15 bits per heavy atom. The monoisotopic (exact) mass is 198 g/mol. The number of nitrogens with one attached hydrogen (secondary N) is 1. The lowest BCUT2D eigenvalue weighted by atomic mass is 10.1. The molecule has 1 heterocycles. The fourth-order valence-electron chi connectivity index (χ4n) is 1.43. The molecule has 0 bridgehead atoms. The molecule has 13 heavy (non-hydrogen) atoms. The Bertz CT molecular complexity index is 439. The Morgan fingerprint density at radius 3 is 2.92 bits per heavy atom. The van der Waals surface area contributed by atoms with Gasteiger partial charge in [0.25, 0.3) is 0 Å². The first kappa shape index (κ1) is 8.52. The summed E-state index contributed by atoms with van der Waals surface area (Å²) in [5, 5.41) is 0. The molecule has 4 nitrogen and oxygen atoms in total. The van der Waals surface area contributed by atoms with Crippen molar-refractivity contribution in [1.82, 2.24) is 4.72 Å². The lowest BCUT2D eigenvalue weighted by molar-refractivity contribution is 0.573. The number of nitrogens with two attached hydrogens (primary N) is 1. The smallest absolute Gasteiger partial charge is 0.240 e. The van der Waals surface area contributed by atoms with Crippen LogP contribution in [-0.2, 0) is 16.4 Å². The molecule has 0 aliphatic carbocycles. The van der Waals surface area contributed by atoms with E-state index < -0.39 is 10.0 Å². The van der Waals surface area contributed by atoms with Crippen LogP contribution in [0.5, 0.6) is 0 Å². The van der Waals surface area contributed by atoms with Crippen LogP contribution in [-0.4, -0.2) is 15.0 Å². The normalized spacial score (nSPS) is 19.4. The van der Waals surface area contributed by atoms with E-state index >= 15 is 0 Å². The van der Waals surface area contributed by atoms with Crippen molar-refractivity contribution in [2.24, 2.45) is 0 Å². The van der Waals surface area contributed by atoms with Gasteiger partial charge in [0.1, 0.15) is 0 Å². The van der Waals surface area contributed by atoms with E-state index in [0.717, 1.165) is 12.0 Å². The summed E-state index contributed by atoms with van der Waals surface area (Å²) < 4.78 is 25.4. The first-order valence-corrected chi connectivity index (χ1v) is 5.46. The Kier molecular flexibility index (Phi) is 1.78. The summed E-state index contributed by atoms with van der Waals surface area (Å²) in [6.45, 7) is 0.471. The highest BCUT2D eigenvalue weighted by Gasteiger charge is 2.22. The first-order valence-electron chi connectivity index (χ1n) is 3.98. The number of anilines is 1.